The van der Waals surface area contributed by atoms with E-state index >= 15 is 0 Å². The van der Waals surface area contributed by atoms with E-state index in [1.165, 1.54) is 19.2 Å². The molecule has 0 bridgehead atoms. The molecular formula is C29H23F3N6O2. The van der Waals surface area contributed by atoms with Gasteiger partial charge < -0.3 is 15.4 Å². The van der Waals surface area contributed by atoms with Crippen LogP contribution in [0.3, 0.4) is 0 Å². The Labute approximate surface area is 227 Å². The lowest BCUT2D eigenvalue weighted by Crippen LogP contribution is -2.14. The van der Waals surface area contributed by atoms with Gasteiger partial charge in [-0.3, -0.25) is 14.8 Å². The van der Waals surface area contributed by atoms with Gasteiger partial charge in [-0.05, 0) is 67.9 Å². The molecule has 2 N–H and O–H groups in total. The molecule has 0 aliphatic rings. The first kappa shape index (κ1) is 26.5. The summed E-state index contributed by atoms with van der Waals surface area (Å²) in [6.45, 7) is 3.78. The van der Waals surface area contributed by atoms with Gasteiger partial charge in [0.2, 0.25) is 11.8 Å². The highest BCUT2D eigenvalue weighted by Gasteiger charge is 2.31. The van der Waals surface area contributed by atoms with Crippen LogP contribution in [0.2, 0.25) is 0 Å². The number of aryl methyl sites for hydroxylation is 2. The minimum absolute atomic E-state index is 0.103. The molecule has 3 heterocycles. The van der Waals surface area contributed by atoms with E-state index in [0.29, 0.717) is 39.7 Å². The molecule has 0 fully saturated rings. The quantitative estimate of drug-likeness (QED) is 0.244. The zero-order valence-electron chi connectivity index (χ0n) is 21.7. The van der Waals surface area contributed by atoms with Gasteiger partial charge in [-0.25, -0.2) is 4.98 Å². The standard InChI is InChI=1S/C29H23F3N6O2/c1-16-7-9-20(35-26(39)18-5-4-6-19(11-18)29(30,31)32)12-22(16)24-13-23-25(15-34-24)37-28(38-27(23)40-3)36-21-10-8-17(2)33-14-21/h4-15H,1-3H3,(H,35,39)(H,36,37,38). The first-order chi connectivity index (χ1) is 19.1. The van der Waals surface area contributed by atoms with Gasteiger partial charge in [-0.2, -0.15) is 18.2 Å². The van der Waals surface area contributed by atoms with Crippen LogP contribution in [-0.4, -0.2) is 33.0 Å². The molecule has 3 aromatic heterocycles. The molecule has 11 heteroatoms. The molecule has 8 nitrogen and oxygen atoms in total. The minimum atomic E-state index is -4.55. The zero-order chi connectivity index (χ0) is 28.4. The number of anilines is 3. The van der Waals surface area contributed by atoms with Crippen molar-refractivity contribution in [2.24, 2.45) is 0 Å². The Morgan fingerprint density at radius 1 is 0.900 bits per heavy atom. The van der Waals surface area contributed by atoms with Crippen LogP contribution >= 0.6 is 0 Å². The van der Waals surface area contributed by atoms with E-state index in [9.17, 15) is 18.0 Å². The molecule has 0 atom stereocenters. The SMILES string of the molecule is COc1nc(Nc2ccc(C)nc2)nc2cnc(-c3cc(NC(=O)c4cccc(C(F)(F)F)c4)ccc3C)cc12. The molecule has 0 unspecified atom stereocenters. The van der Waals surface area contributed by atoms with Crippen LogP contribution < -0.4 is 15.4 Å². The number of carbonyl (C=O) groups excluding carboxylic acids is 1. The molecule has 40 heavy (non-hydrogen) atoms. The monoisotopic (exact) mass is 544 g/mol. The number of halogens is 3. The summed E-state index contributed by atoms with van der Waals surface area (Å²) in [4.78, 5) is 30.6. The summed E-state index contributed by atoms with van der Waals surface area (Å²) in [6, 6.07) is 15.0. The largest absolute Gasteiger partial charge is 0.480 e. The second-order valence-electron chi connectivity index (χ2n) is 9.02. The Balaban J connectivity index is 1.44. The molecule has 0 saturated carbocycles. The van der Waals surface area contributed by atoms with E-state index in [-0.39, 0.29) is 5.56 Å². The van der Waals surface area contributed by atoms with E-state index in [4.69, 9.17) is 4.74 Å². The third kappa shape index (κ3) is 5.68. The van der Waals surface area contributed by atoms with Gasteiger partial charge in [0, 0.05) is 22.5 Å². The Hall–Kier alpha value is -5.06. The van der Waals surface area contributed by atoms with Crippen molar-refractivity contribution in [2.45, 2.75) is 20.0 Å². The summed E-state index contributed by atoms with van der Waals surface area (Å²) in [6.07, 6.45) is -1.27. The number of hydrogen-bond donors (Lipinski definition) is 2. The fraction of sp³-hybridized carbons (Fsp3) is 0.138. The van der Waals surface area contributed by atoms with Crippen LogP contribution in [0.4, 0.5) is 30.5 Å². The lowest BCUT2D eigenvalue weighted by molar-refractivity contribution is -0.137. The summed E-state index contributed by atoms with van der Waals surface area (Å²) >= 11 is 0. The van der Waals surface area contributed by atoms with Crippen molar-refractivity contribution in [3.05, 3.63) is 95.4 Å². The van der Waals surface area contributed by atoms with Crippen LogP contribution in [0, 0.1) is 13.8 Å². The third-order valence-corrected chi connectivity index (χ3v) is 6.13. The van der Waals surface area contributed by atoms with E-state index in [0.717, 1.165) is 29.1 Å². The highest BCUT2D eigenvalue weighted by atomic mass is 19.4. The van der Waals surface area contributed by atoms with Crippen molar-refractivity contribution in [2.75, 3.05) is 17.7 Å². The number of alkyl halides is 3. The number of hydrogen-bond acceptors (Lipinski definition) is 7. The predicted molar refractivity (Wildman–Crippen MR) is 146 cm³/mol. The second-order valence-corrected chi connectivity index (χ2v) is 9.02. The molecule has 0 radical (unpaired) electrons. The van der Waals surface area contributed by atoms with Crippen molar-refractivity contribution in [3.8, 4) is 17.1 Å². The maximum atomic E-state index is 13.1. The Bertz CT molecular complexity index is 1720. The van der Waals surface area contributed by atoms with E-state index in [1.54, 1.807) is 36.7 Å². The average molecular weight is 545 g/mol. The number of nitrogens with zero attached hydrogens (tertiary/aromatic N) is 4. The highest BCUT2D eigenvalue weighted by molar-refractivity contribution is 6.04. The van der Waals surface area contributed by atoms with Crippen molar-refractivity contribution < 1.29 is 22.7 Å². The zero-order valence-corrected chi connectivity index (χ0v) is 21.7. The number of nitrogens with one attached hydrogen (secondary N) is 2. The molecule has 1 amide bonds. The molecule has 5 rings (SSSR count). The summed E-state index contributed by atoms with van der Waals surface area (Å²) in [7, 11) is 1.51. The summed E-state index contributed by atoms with van der Waals surface area (Å²) in [5.41, 5.74) is 3.70. The normalized spacial score (nSPS) is 11.3. The Morgan fingerprint density at radius 2 is 1.70 bits per heavy atom. The Morgan fingerprint density at radius 3 is 2.42 bits per heavy atom. The van der Waals surface area contributed by atoms with Gasteiger partial charge in [0.15, 0.2) is 0 Å². The maximum Gasteiger partial charge on any atom is 0.416 e. The van der Waals surface area contributed by atoms with Crippen molar-refractivity contribution >= 4 is 34.1 Å². The molecule has 0 saturated heterocycles. The summed E-state index contributed by atoms with van der Waals surface area (Å²) in [5, 5.41) is 6.40. The number of methoxy groups -OCH3 is 1. The van der Waals surface area contributed by atoms with Gasteiger partial charge in [-0.1, -0.05) is 12.1 Å². The third-order valence-electron chi connectivity index (χ3n) is 6.13. The van der Waals surface area contributed by atoms with Crippen molar-refractivity contribution in [1.29, 1.82) is 0 Å². The summed E-state index contributed by atoms with van der Waals surface area (Å²) in [5.74, 6) is -0.00541. The number of carbonyl (C=O) groups is 1. The van der Waals surface area contributed by atoms with Crippen LogP contribution in [0.5, 0.6) is 5.88 Å². The number of pyridine rings is 2. The van der Waals surface area contributed by atoms with Gasteiger partial charge in [0.1, 0.15) is 0 Å². The van der Waals surface area contributed by atoms with Crippen LogP contribution in [0.1, 0.15) is 27.2 Å². The predicted octanol–water partition coefficient (Wildman–Crippen LogP) is 6.73. The highest BCUT2D eigenvalue weighted by Crippen LogP contribution is 2.32. The molecular weight excluding hydrogens is 521 g/mol. The molecule has 0 spiro atoms. The van der Waals surface area contributed by atoms with Gasteiger partial charge in [-0.15, -0.1) is 0 Å². The first-order valence-electron chi connectivity index (χ1n) is 12.1. The second kappa shape index (κ2) is 10.6. The van der Waals surface area contributed by atoms with Gasteiger partial charge in [0.25, 0.3) is 5.91 Å². The van der Waals surface area contributed by atoms with Crippen LogP contribution in [0.15, 0.2) is 73.1 Å². The molecule has 2 aromatic carbocycles. The average Bonchev–Trinajstić information content (AvgIpc) is 2.94. The number of ether oxygens (including phenoxy) is 1. The fourth-order valence-corrected chi connectivity index (χ4v) is 4.05. The molecule has 0 aliphatic carbocycles. The van der Waals surface area contributed by atoms with Gasteiger partial charge in [0.05, 0.1) is 47.4 Å². The number of fused-ring (bicyclic) bond motifs is 1. The van der Waals surface area contributed by atoms with Crippen molar-refractivity contribution in [3.63, 3.8) is 0 Å². The fourth-order valence-electron chi connectivity index (χ4n) is 4.05. The lowest BCUT2D eigenvalue weighted by Gasteiger charge is -2.13. The van der Waals surface area contributed by atoms with Crippen molar-refractivity contribution in [1.82, 2.24) is 19.9 Å². The first-order valence-corrected chi connectivity index (χ1v) is 12.1. The maximum absolute atomic E-state index is 13.1. The smallest absolute Gasteiger partial charge is 0.416 e. The topological polar surface area (TPSA) is 102 Å². The van der Waals surface area contributed by atoms with Crippen LogP contribution in [-0.2, 0) is 6.18 Å². The van der Waals surface area contributed by atoms with Crippen LogP contribution in [0.25, 0.3) is 22.2 Å². The van der Waals surface area contributed by atoms with E-state index in [1.807, 2.05) is 26.0 Å². The van der Waals surface area contributed by atoms with Gasteiger partial charge >= 0.3 is 6.18 Å². The molecule has 5 aromatic rings. The lowest BCUT2D eigenvalue weighted by atomic mass is 10.0. The molecule has 202 valence electrons. The number of benzene rings is 2. The number of rotatable bonds is 6. The minimum Gasteiger partial charge on any atom is -0.480 e. The summed E-state index contributed by atoms with van der Waals surface area (Å²) < 4.78 is 44.8. The van der Waals surface area contributed by atoms with E-state index in [2.05, 4.69) is 30.6 Å². The molecule has 0 aliphatic heterocycles. The number of amides is 1. The van der Waals surface area contributed by atoms with E-state index < -0.39 is 17.6 Å². The Kier molecular flexibility index (Phi) is 7.03. The number of aromatic nitrogens is 4.